The molecule has 0 aromatic heterocycles. The number of phenolic OH excluding ortho intramolecular Hbond substituents is 3. The first-order valence-electron chi connectivity index (χ1n) is 45.0. The Morgan fingerprint density at radius 1 is 0.331 bits per heavy atom. The number of carbonyl (C=O) groups excluding carboxylic acids is 3. The van der Waals surface area contributed by atoms with Gasteiger partial charge in [-0.3, -0.25) is 14.4 Å². The number of benzene rings is 8. The van der Waals surface area contributed by atoms with Gasteiger partial charge in [0.05, 0.1) is 36.9 Å². The van der Waals surface area contributed by atoms with Crippen LogP contribution in [0.25, 0.3) is 0 Å². The van der Waals surface area contributed by atoms with Crippen molar-refractivity contribution in [2.24, 2.45) is 5.92 Å². The molecule has 9 rings (SSSR count). The summed E-state index contributed by atoms with van der Waals surface area (Å²) in [5, 5.41) is 27.9. The molecule has 0 saturated heterocycles. The molecule has 10 atom stereocenters. The van der Waals surface area contributed by atoms with E-state index in [2.05, 4.69) is 186 Å². The highest BCUT2D eigenvalue weighted by Crippen LogP contribution is 2.38. The van der Waals surface area contributed by atoms with Gasteiger partial charge in [-0.1, -0.05) is 210 Å². The molecule has 688 valence electrons. The van der Waals surface area contributed by atoms with Crippen LogP contribution in [0, 0.1) is 26.7 Å². The van der Waals surface area contributed by atoms with Gasteiger partial charge in [0.25, 0.3) is 0 Å². The van der Waals surface area contributed by atoms with E-state index in [1.165, 1.54) is 103 Å². The highest BCUT2D eigenvalue weighted by molar-refractivity contribution is 9.11. The maximum atomic E-state index is 10.9. The molecule has 124 heavy (non-hydrogen) atoms. The van der Waals surface area contributed by atoms with E-state index in [4.69, 9.17) is 47.4 Å². The highest BCUT2D eigenvalue weighted by atomic mass is 79.9. The number of methoxy groups -OCH3 is 3. The van der Waals surface area contributed by atoms with Crippen LogP contribution >= 0.6 is 31.9 Å². The minimum Gasteiger partial charge on any atom is -0.508 e. The summed E-state index contributed by atoms with van der Waals surface area (Å²) in [5.41, 5.74) is 13.3. The average molecular weight is 1840 g/mol. The molecule has 8 aromatic rings. The molecule has 8 aromatic carbocycles. The summed E-state index contributed by atoms with van der Waals surface area (Å²) in [6.07, 6.45) is 16.5. The van der Waals surface area contributed by atoms with Crippen LogP contribution in [0.2, 0.25) is 0 Å². The lowest BCUT2D eigenvalue weighted by atomic mass is 9.87. The molecule has 1 aliphatic carbocycles. The van der Waals surface area contributed by atoms with Crippen molar-refractivity contribution < 1.29 is 77.1 Å². The van der Waals surface area contributed by atoms with Gasteiger partial charge in [0.15, 0.2) is 47.1 Å². The Kier molecular flexibility index (Phi) is 54.8. The summed E-state index contributed by atoms with van der Waals surface area (Å²) in [6, 6.07) is 47.1. The lowest BCUT2D eigenvalue weighted by Crippen LogP contribution is -2.19. The molecule has 0 bridgehead atoms. The van der Waals surface area contributed by atoms with E-state index in [1.807, 2.05) is 120 Å². The minimum absolute atomic E-state index is 0.187. The van der Waals surface area contributed by atoms with Crippen molar-refractivity contribution in [3.8, 4) is 63.2 Å². The van der Waals surface area contributed by atoms with E-state index in [1.54, 1.807) is 45.6 Å². The van der Waals surface area contributed by atoms with Crippen LogP contribution < -0.4 is 37.9 Å². The number of carbonyl (C=O) groups is 3. The topological polar surface area (TPSA) is 204 Å². The molecule has 1 aliphatic rings. The van der Waals surface area contributed by atoms with Crippen LogP contribution in [0.1, 0.15) is 351 Å². The van der Waals surface area contributed by atoms with E-state index < -0.39 is 0 Å². The molecule has 0 spiro atoms. The smallest absolute Gasteiger partial charge is 0.308 e. The van der Waals surface area contributed by atoms with Crippen LogP contribution in [0.15, 0.2) is 155 Å². The zero-order chi connectivity index (χ0) is 93.3. The van der Waals surface area contributed by atoms with Gasteiger partial charge in [-0.2, -0.15) is 0 Å². The van der Waals surface area contributed by atoms with Gasteiger partial charge >= 0.3 is 17.9 Å². The van der Waals surface area contributed by atoms with E-state index in [-0.39, 0.29) is 36.2 Å². The third kappa shape index (κ3) is 41.3. The molecule has 1 saturated carbocycles. The van der Waals surface area contributed by atoms with Gasteiger partial charge in [-0.05, 0) is 325 Å². The lowest BCUT2D eigenvalue weighted by molar-refractivity contribution is -0.132. The number of halogens is 2. The summed E-state index contributed by atoms with van der Waals surface area (Å²) >= 11 is 6.69. The first-order chi connectivity index (χ1) is 58.9. The van der Waals surface area contributed by atoms with Crippen molar-refractivity contribution >= 4 is 49.8 Å². The maximum absolute atomic E-state index is 10.9. The van der Waals surface area contributed by atoms with Gasteiger partial charge < -0.3 is 62.7 Å². The molecule has 0 radical (unpaired) electrons. The average Bonchev–Trinajstić information content (AvgIpc) is 0.791. The largest absolute Gasteiger partial charge is 0.508 e. The fourth-order valence-corrected chi connectivity index (χ4v) is 13.9. The molecule has 3 N–H and O–H groups in total. The van der Waals surface area contributed by atoms with Crippen LogP contribution in [0.4, 0.5) is 0 Å². The quantitative estimate of drug-likeness (QED) is 0.0204. The van der Waals surface area contributed by atoms with Crippen molar-refractivity contribution in [3.05, 3.63) is 216 Å². The molecule has 1 fully saturated rings. The summed E-state index contributed by atoms with van der Waals surface area (Å²) in [4.78, 5) is 32.5. The third-order valence-corrected chi connectivity index (χ3v) is 24.2. The number of esters is 3. The first kappa shape index (κ1) is 112. The predicted octanol–water partition coefficient (Wildman–Crippen LogP) is 30.4. The van der Waals surface area contributed by atoms with E-state index in [9.17, 15) is 29.7 Å². The summed E-state index contributed by atoms with van der Waals surface area (Å²) in [7, 11) is 4.83. The van der Waals surface area contributed by atoms with E-state index >= 15 is 0 Å². The van der Waals surface area contributed by atoms with E-state index in [0.717, 1.165) is 108 Å². The molecular formula is C106H154Br2O16. The zero-order valence-electron chi connectivity index (χ0n) is 80.4. The van der Waals surface area contributed by atoms with Gasteiger partial charge in [0.2, 0.25) is 0 Å². The van der Waals surface area contributed by atoms with E-state index in [0.29, 0.717) is 94.2 Å². The number of phenols is 3. The molecule has 0 aliphatic heterocycles. The standard InChI is InChI=1S/C21H34O3.C15H24O2.C13H18O3.C13H18O2.C12H15BrO2.C11H16O2.C11H16O.C10H13BrO/c1-5-16(2)19-11-12-20(21(15-19)22-4)24-17(3)23-14-13-18-9-7-6-8-10-18;1-6-11(3)14-8-9-15(12(4)10-14)17-13(5)16-7-2;1-5-9(2)11-6-7-12(16-10(3)14)13(8-11)15-4;1-5-9(2)12-6-7-13(10(3)8-12)15-11(4)14;1-4-8(2)10-5-6-12(11(13)7-10)15-9(3)14;1-4-8(2)9-5-6-10(12)11(7-9)13-3;1-4-8(2)10-5-6-11(12)9(3)7-10;1-3-7(2)8-4-5-10(12)9(11)6-8/h11-12,15-18H,5-10,13-14H2,1-4H3;8-11,13H,6-7H2,1-5H3;6-9H,5H2,1-4H3;6-9H,5H2,1-4H3;5-8H,4H2,1-3H3;5-8,12H,4H2,1-3H3;5-8,12H,4H2,1-3H3;4-7,12H,3H2,1-2H3. The molecule has 10 unspecified atom stereocenters. The van der Waals surface area contributed by atoms with Gasteiger partial charge in [-0.15, -0.1) is 0 Å². The van der Waals surface area contributed by atoms with Gasteiger partial charge in [0, 0.05) is 27.4 Å². The highest BCUT2D eigenvalue weighted by Gasteiger charge is 2.19. The van der Waals surface area contributed by atoms with Crippen molar-refractivity contribution in [1.29, 1.82) is 0 Å². The summed E-state index contributed by atoms with van der Waals surface area (Å²) in [5.74, 6) is 10.5. The number of rotatable bonds is 32. The number of hydrogen-bond acceptors (Lipinski definition) is 16. The van der Waals surface area contributed by atoms with Crippen LogP contribution in [-0.2, 0) is 23.9 Å². The Balaban J connectivity index is 0.000000485. The van der Waals surface area contributed by atoms with Crippen molar-refractivity contribution in [1.82, 2.24) is 0 Å². The fourth-order valence-electron chi connectivity index (χ4n) is 13.0. The Hall–Kier alpha value is -8.55. The van der Waals surface area contributed by atoms with Crippen molar-refractivity contribution in [2.75, 3.05) is 34.5 Å². The SMILES string of the molecule is CCC(C)c1ccc(O)c(Br)c1.CCC(C)c1ccc(O)c(C)c1.CCC(C)c1ccc(O)c(OC)c1.CCC(C)c1ccc(OC(C)=O)c(Br)c1.CCC(C)c1ccc(OC(C)=O)c(C)c1.CCC(C)c1ccc(OC(C)=O)c(OC)c1.CCC(C)c1ccc(OC(C)OCCC2CCCCC2)c(OC)c1.CCOC(C)Oc1ccc(C(C)CC)cc1C. The second-order valence-corrected chi connectivity index (χ2v) is 34.2. The van der Waals surface area contributed by atoms with Gasteiger partial charge in [-0.25, -0.2) is 0 Å². The minimum atomic E-state index is -0.338. The number of aryl methyl sites for hydroxylation is 3. The second kappa shape index (κ2) is 61.0. The van der Waals surface area contributed by atoms with Crippen LogP contribution in [-0.4, -0.2) is 80.4 Å². The normalized spacial score (nSPS) is 13.8. The molecule has 0 heterocycles. The Bertz CT molecular complexity index is 4250. The second-order valence-electron chi connectivity index (χ2n) is 32.5. The number of ether oxygens (including phenoxy) is 10. The zero-order valence-corrected chi connectivity index (χ0v) is 83.6. The fraction of sp³-hybridized carbons (Fsp3) is 0.519. The third-order valence-electron chi connectivity index (χ3n) is 22.9. The maximum Gasteiger partial charge on any atom is 0.308 e. The predicted molar refractivity (Wildman–Crippen MR) is 518 cm³/mol. The molecule has 0 amide bonds. The van der Waals surface area contributed by atoms with Gasteiger partial charge in [0.1, 0.15) is 28.7 Å². The van der Waals surface area contributed by atoms with Crippen molar-refractivity contribution in [2.45, 2.75) is 323 Å². The van der Waals surface area contributed by atoms with Crippen LogP contribution in [0.5, 0.6) is 63.2 Å². The molecular weight excluding hydrogens is 1690 g/mol. The Morgan fingerprint density at radius 3 is 1.00 bits per heavy atom. The summed E-state index contributed by atoms with van der Waals surface area (Å²) in [6.45, 7) is 52.3. The Labute approximate surface area is 764 Å². The number of aromatic hydroxyl groups is 3. The summed E-state index contributed by atoms with van der Waals surface area (Å²) < 4.78 is 55.4. The first-order valence-corrected chi connectivity index (χ1v) is 46.6. The van der Waals surface area contributed by atoms with Crippen molar-refractivity contribution in [3.63, 3.8) is 0 Å². The lowest BCUT2D eigenvalue weighted by Gasteiger charge is -2.23. The molecule has 18 heteroatoms. The van der Waals surface area contributed by atoms with Crippen LogP contribution in [0.3, 0.4) is 0 Å². The number of hydrogen-bond donors (Lipinski definition) is 3. The Morgan fingerprint density at radius 2 is 0.629 bits per heavy atom. The molecule has 16 nitrogen and oxygen atoms in total. The monoisotopic (exact) mass is 1840 g/mol.